The molecule has 1 heterocycles. The van der Waals surface area contributed by atoms with Gasteiger partial charge in [0.15, 0.2) is 23.1 Å². The third kappa shape index (κ3) is 2.86. The average Bonchev–Trinajstić information content (AvgIpc) is 2.77. The SMILES string of the molecule is O=C1c2ccccc2C(=O)c2cc(NC(=O)C3COc4ccccc4O3)ccc21. The molecule has 3 aromatic carbocycles. The minimum absolute atomic E-state index is 0.0819. The van der Waals surface area contributed by atoms with Crippen LogP contribution in [-0.2, 0) is 4.79 Å². The van der Waals surface area contributed by atoms with Crippen molar-refractivity contribution in [1.82, 2.24) is 0 Å². The molecule has 5 rings (SSSR count). The molecule has 1 N–H and O–H groups in total. The van der Waals surface area contributed by atoms with E-state index in [2.05, 4.69) is 5.32 Å². The Kier molecular flexibility index (Phi) is 3.91. The fourth-order valence-electron chi connectivity index (χ4n) is 3.55. The number of carbonyl (C=O) groups is 3. The topological polar surface area (TPSA) is 81.7 Å². The number of nitrogens with one attached hydrogen (secondary N) is 1. The molecule has 0 spiro atoms. The first kappa shape index (κ1) is 17.2. The summed E-state index contributed by atoms with van der Waals surface area (Å²) in [5.41, 5.74) is 1.79. The van der Waals surface area contributed by atoms with Crippen molar-refractivity contribution in [2.24, 2.45) is 0 Å². The molecule has 0 saturated heterocycles. The Morgan fingerprint density at radius 3 is 2.17 bits per heavy atom. The van der Waals surface area contributed by atoms with Gasteiger partial charge in [0, 0.05) is 27.9 Å². The van der Waals surface area contributed by atoms with E-state index in [1.54, 1.807) is 54.6 Å². The number of ether oxygens (including phenoxy) is 2. The van der Waals surface area contributed by atoms with Crippen LogP contribution in [0.25, 0.3) is 0 Å². The lowest BCUT2D eigenvalue weighted by Gasteiger charge is -2.25. The normalized spacial score (nSPS) is 16.6. The molecule has 1 aliphatic carbocycles. The summed E-state index contributed by atoms with van der Waals surface area (Å²) >= 11 is 0. The maximum Gasteiger partial charge on any atom is 0.269 e. The van der Waals surface area contributed by atoms with Gasteiger partial charge in [0.2, 0.25) is 6.10 Å². The fourth-order valence-corrected chi connectivity index (χ4v) is 3.55. The first-order chi connectivity index (χ1) is 14.1. The lowest BCUT2D eigenvalue weighted by atomic mass is 9.84. The number of carbonyl (C=O) groups excluding carboxylic acids is 3. The molecule has 2 aliphatic rings. The van der Waals surface area contributed by atoms with E-state index in [4.69, 9.17) is 9.47 Å². The van der Waals surface area contributed by atoms with Crippen LogP contribution in [0.15, 0.2) is 66.7 Å². The molecule has 0 saturated carbocycles. The van der Waals surface area contributed by atoms with Gasteiger partial charge in [0.25, 0.3) is 5.91 Å². The van der Waals surface area contributed by atoms with Crippen molar-refractivity contribution in [3.63, 3.8) is 0 Å². The van der Waals surface area contributed by atoms with E-state index in [1.165, 1.54) is 6.07 Å². The minimum Gasteiger partial charge on any atom is -0.485 e. The zero-order chi connectivity index (χ0) is 20.0. The van der Waals surface area contributed by atoms with Crippen LogP contribution in [0.5, 0.6) is 11.5 Å². The molecule has 1 unspecified atom stereocenters. The number of para-hydroxylation sites is 2. The summed E-state index contributed by atoms with van der Waals surface area (Å²) in [7, 11) is 0. The van der Waals surface area contributed by atoms with Crippen molar-refractivity contribution < 1.29 is 23.9 Å². The molecule has 0 bridgehead atoms. The van der Waals surface area contributed by atoms with Gasteiger partial charge < -0.3 is 14.8 Å². The summed E-state index contributed by atoms with van der Waals surface area (Å²) in [6.45, 7) is 0.0819. The summed E-state index contributed by atoms with van der Waals surface area (Å²) in [5, 5.41) is 2.74. The van der Waals surface area contributed by atoms with Gasteiger partial charge >= 0.3 is 0 Å². The minimum atomic E-state index is -0.820. The standard InChI is InChI=1S/C23H15NO5/c25-21-14-5-1-2-6-15(14)22(26)17-11-13(9-10-16(17)21)24-23(27)20-12-28-18-7-3-4-8-19(18)29-20/h1-11,20H,12H2,(H,24,27). The number of fused-ring (bicyclic) bond motifs is 3. The van der Waals surface area contributed by atoms with Crippen LogP contribution in [0.4, 0.5) is 5.69 Å². The van der Waals surface area contributed by atoms with Crippen molar-refractivity contribution >= 4 is 23.2 Å². The van der Waals surface area contributed by atoms with Crippen molar-refractivity contribution in [3.05, 3.63) is 89.0 Å². The van der Waals surface area contributed by atoms with Gasteiger partial charge in [-0.25, -0.2) is 0 Å². The molecule has 6 nitrogen and oxygen atoms in total. The Morgan fingerprint density at radius 1 is 0.793 bits per heavy atom. The molecule has 29 heavy (non-hydrogen) atoms. The summed E-state index contributed by atoms with van der Waals surface area (Å²) in [6, 6.07) is 18.6. The summed E-state index contributed by atoms with van der Waals surface area (Å²) in [4.78, 5) is 38.1. The van der Waals surface area contributed by atoms with Crippen LogP contribution in [0.1, 0.15) is 31.8 Å². The van der Waals surface area contributed by atoms with Gasteiger partial charge in [-0.05, 0) is 30.3 Å². The maximum absolute atomic E-state index is 12.8. The molecule has 142 valence electrons. The number of anilines is 1. The van der Waals surface area contributed by atoms with Gasteiger partial charge in [-0.3, -0.25) is 14.4 Å². The molecule has 0 fully saturated rings. The second kappa shape index (κ2) is 6.60. The van der Waals surface area contributed by atoms with Crippen LogP contribution in [0, 0.1) is 0 Å². The number of hydrogen-bond acceptors (Lipinski definition) is 5. The average molecular weight is 385 g/mol. The molecule has 1 atom stereocenters. The van der Waals surface area contributed by atoms with Gasteiger partial charge in [-0.15, -0.1) is 0 Å². The predicted octanol–water partition coefficient (Wildman–Crippen LogP) is 3.24. The summed E-state index contributed by atoms with van der Waals surface area (Å²) in [6.07, 6.45) is -0.820. The van der Waals surface area contributed by atoms with Crippen molar-refractivity contribution in [3.8, 4) is 11.5 Å². The quantitative estimate of drug-likeness (QED) is 0.573. The number of ketones is 2. The highest BCUT2D eigenvalue weighted by atomic mass is 16.6. The summed E-state index contributed by atoms with van der Waals surface area (Å²) in [5.74, 6) is 0.260. The highest BCUT2D eigenvalue weighted by molar-refractivity contribution is 6.28. The highest BCUT2D eigenvalue weighted by Gasteiger charge is 2.31. The molecule has 6 heteroatoms. The van der Waals surface area contributed by atoms with Gasteiger partial charge in [-0.2, -0.15) is 0 Å². The highest BCUT2D eigenvalue weighted by Crippen LogP contribution is 2.32. The Labute approximate surface area is 166 Å². The van der Waals surface area contributed by atoms with Crippen molar-refractivity contribution in [2.75, 3.05) is 11.9 Å². The van der Waals surface area contributed by atoms with E-state index >= 15 is 0 Å². The van der Waals surface area contributed by atoms with Crippen molar-refractivity contribution in [2.45, 2.75) is 6.10 Å². The second-order valence-corrected chi connectivity index (χ2v) is 6.82. The van der Waals surface area contributed by atoms with Gasteiger partial charge in [0.05, 0.1) is 0 Å². The molecular weight excluding hydrogens is 370 g/mol. The molecule has 0 aromatic heterocycles. The Balaban J connectivity index is 1.39. The predicted molar refractivity (Wildman–Crippen MR) is 105 cm³/mol. The molecule has 0 radical (unpaired) electrons. The molecule has 3 aromatic rings. The van der Waals surface area contributed by atoms with E-state index in [-0.39, 0.29) is 23.7 Å². The van der Waals surface area contributed by atoms with Crippen LogP contribution < -0.4 is 14.8 Å². The van der Waals surface area contributed by atoms with E-state index in [0.717, 1.165) is 0 Å². The zero-order valence-corrected chi connectivity index (χ0v) is 15.2. The van der Waals surface area contributed by atoms with Crippen LogP contribution in [0.2, 0.25) is 0 Å². The van der Waals surface area contributed by atoms with Gasteiger partial charge in [-0.1, -0.05) is 36.4 Å². The lowest BCUT2D eigenvalue weighted by Crippen LogP contribution is -2.40. The smallest absolute Gasteiger partial charge is 0.269 e. The maximum atomic E-state index is 12.8. The molecule has 1 aliphatic heterocycles. The Bertz CT molecular complexity index is 1180. The third-order valence-corrected chi connectivity index (χ3v) is 4.99. The number of amides is 1. The molecular formula is C23H15NO5. The van der Waals surface area contributed by atoms with Crippen molar-refractivity contribution in [1.29, 1.82) is 0 Å². The van der Waals surface area contributed by atoms with Crippen LogP contribution in [-0.4, -0.2) is 30.2 Å². The molecule has 1 amide bonds. The first-order valence-electron chi connectivity index (χ1n) is 9.13. The number of benzene rings is 3. The second-order valence-electron chi connectivity index (χ2n) is 6.82. The largest absolute Gasteiger partial charge is 0.485 e. The zero-order valence-electron chi connectivity index (χ0n) is 15.2. The van der Waals surface area contributed by atoms with E-state index in [1.807, 2.05) is 6.07 Å². The van der Waals surface area contributed by atoms with E-state index < -0.39 is 12.0 Å². The third-order valence-electron chi connectivity index (χ3n) is 4.99. The first-order valence-corrected chi connectivity index (χ1v) is 9.13. The number of hydrogen-bond donors (Lipinski definition) is 1. The lowest BCUT2D eigenvalue weighted by molar-refractivity contribution is -0.125. The number of rotatable bonds is 2. The van der Waals surface area contributed by atoms with Crippen LogP contribution >= 0.6 is 0 Å². The van der Waals surface area contributed by atoms with Gasteiger partial charge in [0.1, 0.15) is 6.61 Å². The summed E-state index contributed by atoms with van der Waals surface area (Å²) < 4.78 is 11.3. The van der Waals surface area contributed by atoms with Crippen LogP contribution in [0.3, 0.4) is 0 Å². The Hall–Kier alpha value is -3.93. The monoisotopic (exact) mass is 385 g/mol. The fraction of sp³-hybridized carbons (Fsp3) is 0.0870. The van der Waals surface area contributed by atoms with E-state index in [0.29, 0.717) is 33.9 Å². The van der Waals surface area contributed by atoms with E-state index in [9.17, 15) is 14.4 Å². The Morgan fingerprint density at radius 2 is 1.41 bits per heavy atom.